The molecule has 2 aromatic rings. The van der Waals surface area contributed by atoms with Crippen LogP contribution in [-0.4, -0.2) is 27.7 Å². The van der Waals surface area contributed by atoms with Crippen molar-refractivity contribution in [1.82, 2.24) is 9.47 Å². The van der Waals surface area contributed by atoms with E-state index in [1.807, 2.05) is 6.08 Å². The zero-order valence-corrected chi connectivity index (χ0v) is 16.0. The van der Waals surface area contributed by atoms with Crippen LogP contribution in [0.25, 0.3) is 11.8 Å². The molecule has 0 bridgehead atoms. The van der Waals surface area contributed by atoms with E-state index < -0.39 is 0 Å². The summed E-state index contributed by atoms with van der Waals surface area (Å²) in [4.78, 5) is 25.5. The number of para-hydroxylation sites is 1. The van der Waals surface area contributed by atoms with E-state index >= 15 is 0 Å². The Balaban J connectivity index is 2.13. The summed E-state index contributed by atoms with van der Waals surface area (Å²) in [5.74, 6) is -0.232. The van der Waals surface area contributed by atoms with Crippen molar-refractivity contribution >= 4 is 29.0 Å². The van der Waals surface area contributed by atoms with Gasteiger partial charge in [-0.2, -0.15) is 0 Å². The average Bonchev–Trinajstić information content (AvgIpc) is 2.98. The smallest absolute Gasteiger partial charge is 0.293 e. The molecule has 2 amide bonds. The molecule has 5 heteroatoms. The number of aromatic nitrogens is 1. The van der Waals surface area contributed by atoms with E-state index in [1.54, 1.807) is 0 Å². The standard InChI is InChI=1S/C20H22N2O2S/c1-6-15-9-7-8-12(2)18(15)22-13(3)10-16(14(22)4)11-17-19(23)21(5)20(24)25-17/h7-11H,6H2,1-5H3/b17-11+. The molecule has 1 aliphatic rings. The Morgan fingerprint density at radius 2 is 1.88 bits per heavy atom. The van der Waals surface area contributed by atoms with Crippen molar-refractivity contribution in [1.29, 1.82) is 0 Å². The largest absolute Gasteiger partial charge is 0.317 e. The summed E-state index contributed by atoms with van der Waals surface area (Å²) in [5.41, 5.74) is 6.89. The number of carbonyl (C=O) groups excluding carboxylic acids is 2. The molecule has 1 fully saturated rings. The molecule has 1 aromatic carbocycles. The highest BCUT2D eigenvalue weighted by Crippen LogP contribution is 2.33. The van der Waals surface area contributed by atoms with Gasteiger partial charge in [0.25, 0.3) is 11.1 Å². The number of nitrogens with zero attached hydrogens (tertiary/aromatic N) is 2. The molecule has 0 unspecified atom stereocenters. The van der Waals surface area contributed by atoms with E-state index in [4.69, 9.17) is 0 Å². The maximum Gasteiger partial charge on any atom is 0.293 e. The Hall–Kier alpha value is -2.27. The van der Waals surface area contributed by atoms with Crippen LogP contribution < -0.4 is 0 Å². The monoisotopic (exact) mass is 354 g/mol. The first-order valence-corrected chi connectivity index (χ1v) is 9.16. The van der Waals surface area contributed by atoms with E-state index in [0.717, 1.165) is 40.0 Å². The zero-order chi connectivity index (χ0) is 18.3. The molecular formula is C20H22N2O2S. The zero-order valence-electron chi connectivity index (χ0n) is 15.2. The summed E-state index contributed by atoms with van der Waals surface area (Å²) in [6.07, 6.45) is 2.79. The molecule has 3 rings (SSSR count). The van der Waals surface area contributed by atoms with Gasteiger partial charge in [0.05, 0.1) is 10.6 Å². The molecule has 0 saturated carbocycles. The molecule has 0 spiro atoms. The quantitative estimate of drug-likeness (QED) is 0.755. The predicted octanol–water partition coefficient (Wildman–Crippen LogP) is 4.63. The average molecular weight is 354 g/mol. The molecule has 0 N–H and O–H groups in total. The molecule has 4 nitrogen and oxygen atoms in total. The van der Waals surface area contributed by atoms with Gasteiger partial charge >= 0.3 is 0 Å². The number of hydrogen-bond donors (Lipinski definition) is 0. The van der Waals surface area contributed by atoms with Gasteiger partial charge in [-0.1, -0.05) is 25.1 Å². The first-order chi connectivity index (χ1) is 11.8. The van der Waals surface area contributed by atoms with Crippen molar-refractivity contribution < 1.29 is 9.59 Å². The highest BCUT2D eigenvalue weighted by molar-refractivity contribution is 8.18. The number of imide groups is 1. The molecule has 25 heavy (non-hydrogen) atoms. The van der Waals surface area contributed by atoms with Gasteiger partial charge in [0, 0.05) is 18.4 Å². The van der Waals surface area contributed by atoms with Crippen molar-refractivity contribution in [3.63, 3.8) is 0 Å². The number of thioether (sulfide) groups is 1. The Morgan fingerprint density at radius 1 is 1.16 bits per heavy atom. The van der Waals surface area contributed by atoms with Crippen molar-refractivity contribution in [3.05, 3.63) is 57.2 Å². The molecule has 1 saturated heterocycles. The number of aryl methyl sites for hydroxylation is 3. The molecule has 1 aliphatic heterocycles. The summed E-state index contributed by atoms with van der Waals surface area (Å²) in [6.45, 7) is 8.41. The topological polar surface area (TPSA) is 42.3 Å². The van der Waals surface area contributed by atoms with Crippen molar-refractivity contribution in [3.8, 4) is 5.69 Å². The minimum absolute atomic E-state index is 0.225. The highest BCUT2D eigenvalue weighted by atomic mass is 32.2. The van der Waals surface area contributed by atoms with Crippen LogP contribution in [-0.2, 0) is 11.2 Å². The Bertz CT molecular complexity index is 909. The third-order valence-corrected chi connectivity index (χ3v) is 5.63. The van der Waals surface area contributed by atoms with E-state index in [2.05, 4.69) is 56.5 Å². The number of likely N-dealkylation sites (N-methyl/N-ethyl adjacent to an activating group) is 1. The minimum Gasteiger partial charge on any atom is -0.317 e. The fraction of sp³-hybridized carbons (Fsp3) is 0.300. The van der Waals surface area contributed by atoms with Gasteiger partial charge in [-0.05, 0) is 67.8 Å². The van der Waals surface area contributed by atoms with Gasteiger partial charge in [0.1, 0.15) is 0 Å². The van der Waals surface area contributed by atoms with E-state index in [9.17, 15) is 9.59 Å². The third kappa shape index (κ3) is 2.93. The van der Waals surface area contributed by atoms with Crippen molar-refractivity contribution in [2.24, 2.45) is 0 Å². The molecule has 1 aromatic heterocycles. The molecule has 0 aliphatic carbocycles. The Labute approximate surface area is 152 Å². The van der Waals surface area contributed by atoms with E-state index in [-0.39, 0.29) is 11.1 Å². The number of amides is 2. The summed E-state index contributed by atoms with van der Waals surface area (Å²) < 4.78 is 2.25. The number of carbonyl (C=O) groups is 2. The lowest BCUT2D eigenvalue weighted by atomic mass is 10.1. The van der Waals surface area contributed by atoms with Gasteiger partial charge in [-0.15, -0.1) is 0 Å². The minimum atomic E-state index is -0.232. The van der Waals surface area contributed by atoms with Crippen LogP contribution in [0.2, 0.25) is 0 Å². The lowest BCUT2D eigenvalue weighted by Crippen LogP contribution is -2.22. The van der Waals surface area contributed by atoms with E-state index in [1.165, 1.54) is 23.9 Å². The molecule has 0 radical (unpaired) electrons. The van der Waals surface area contributed by atoms with Crippen LogP contribution in [0.4, 0.5) is 4.79 Å². The third-order valence-electron chi connectivity index (χ3n) is 4.67. The van der Waals surface area contributed by atoms with Crippen LogP contribution in [0.1, 0.15) is 35.0 Å². The Kier molecular flexibility index (Phi) is 4.60. The fourth-order valence-electron chi connectivity index (χ4n) is 3.29. The lowest BCUT2D eigenvalue weighted by molar-refractivity contribution is -0.121. The van der Waals surface area contributed by atoms with Gasteiger partial charge in [0.2, 0.25) is 0 Å². The molecular weight excluding hydrogens is 332 g/mol. The van der Waals surface area contributed by atoms with Gasteiger partial charge in [-0.25, -0.2) is 0 Å². The molecule has 0 atom stereocenters. The summed E-state index contributed by atoms with van der Waals surface area (Å²) in [5, 5.41) is -0.225. The van der Waals surface area contributed by atoms with Crippen LogP contribution in [0, 0.1) is 20.8 Å². The summed E-state index contributed by atoms with van der Waals surface area (Å²) >= 11 is 0.996. The van der Waals surface area contributed by atoms with E-state index in [0.29, 0.717) is 4.91 Å². The summed E-state index contributed by atoms with van der Waals surface area (Å²) in [7, 11) is 1.52. The second-order valence-electron chi connectivity index (χ2n) is 6.34. The number of rotatable bonds is 3. The first kappa shape index (κ1) is 17.5. The summed E-state index contributed by atoms with van der Waals surface area (Å²) in [6, 6.07) is 8.44. The van der Waals surface area contributed by atoms with Gasteiger partial charge in [0.15, 0.2) is 0 Å². The maximum absolute atomic E-state index is 12.2. The predicted molar refractivity (Wildman–Crippen MR) is 103 cm³/mol. The fourth-order valence-corrected chi connectivity index (χ4v) is 4.11. The van der Waals surface area contributed by atoms with Crippen LogP contribution in [0.15, 0.2) is 29.2 Å². The maximum atomic E-state index is 12.2. The van der Waals surface area contributed by atoms with Gasteiger partial charge in [-0.3, -0.25) is 14.5 Å². The SMILES string of the molecule is CCc1cccc(C)c1-n1c(C)cc(/C=C2/SC(=O)N(C)C2=O)c1C. The molecule has 2 heterocycles. The number of benzene rings is 1. The van der Waals surface area contributed by atoms with Crippen molar-refractivity contribution in [2.45, 2.75) is 34.1 Å². The highest BCUT2D eigenvalue weighted by Gasteiger charge is 2.32. The second kappa shape index (κ2) is 6.56. The van der Waals surface area contributed by atoms with Gasteiger partial charge < -0.3 is 4.57 Å². The lowest BCUT2D eigenvalue weighted by Gasteiger charge is -2.17. The normalized spacial score (nSPS) is 16.4. The van der Waals surface area contributed by atoms with Crippen LogP contribution >= 0.6 is 11.8 Å². The molecule has 130 valence electrons. The van der Waals surface area contributed by atoms with Crippen LogP contribution in [0.3, 0.4) is 0 Å². The second-order valence-corrected chi connectivity index (χ2v) is 7.33. The van der Waals surface area contributed by atoms with Crippen LogP contribution in [0.5, 0.6) is 0 Å². The first-order valence-electron chi connectivity index (χ1n) is 8.34. The van der Waals surface area contributed by atoms with Crippen molar-refractivity contribution in [2.75, 3.05) is 7.05 Å². The number of hydrogen-bond acceptors (Lipinski definition) is 3. The Morgan fingerprint density at radius 3 is 2.48 bits per heavy atom.